The van der Waals surface area contributed by atoms with Crippen LogP contribution in [0, 0.1) is 0 Å². The Morgan fingerprint density at radius 2 is 0.907 bits per heavy atom. The van der Waals surface area contributed by atoms with Gasteiger partial charge in [0.1, 0.15) is 0 Å². The topological polar surface area (TPSA) is 8.17 Å². The van der Waals surface area contributed by atoms with Crippen LogP contribution in [-0.2, 0) is 0 Å². The zero-order chi connectivity index (χ0) is 35.8. The maximum atomic E-state index is 2.45. The molecule has 0 spiro atoms. The van der Waals surface area contributed by atoms with E-state index in [-0.39, 0.29) is 0 Å². The van der Waals surface area contributed by atoms with Gasteiger partial charge >= 0.3 is 0 Å². The van der Waals surface area contributed by atoms with Crippen molar-refractivity contribution in [1.29, 1.82) is 0 Å². The third-order valence-electron chi connectivity index (χ3n) is 10.9. The van der Waals surface area contributed by atoms with Gasteiger partial charge in [-0.25, -0.2) is 0 Å². The summed E-state index contributed by atoms with van der Waals surface area (Å²) in [5, 5.41) is 4.98. The Morgan fingerprint density at radius 1 is 0.370 bits per heavy atom. The van der Waals surface area contributed by atoms with E-state index >= 15 is 0 Å². The molecule has 1 aromatic heterocycles. The van der Waals surface area contributed by atoms with Gasteiger partial charge in [-0.2, -0.15) is 0 Å². The fourth-order valence-electron chi connectivity index (χ4n) is 8.33. The molecule has 0 atom stereocenters. The second kappa shape index (κ2) is 13.6. The number of allylic oxidation sites excluding steroid dienone is 4. The summed E-state index contributed by atoms with van der Waals surface area (Å²) in [5.74, 6) is 0. The first-order valence-electron chi connectivity index (χ1n) is 18.8. The number of benzene rings is 8. The minimum Gasteiger partial charge on any atom is -0.310 e. The molecule has 256 valence electrons. The zero-order valence-corrected chi connectivity index (χ0v) is 29.9. The Hall–Kier alpha value is -6.90. The molecule has 8 aromatic carbocycles. The lowest BCUT2D eigenvalue weighted by atomic mass is 9.90. The van der Waals surface area contributed by atoms with Gasteiger partial charge in [0.15, 0.2) is 0 Å². The molecule has 54 heavy (non-hydrogen) atoms. The van der Waals surface area contributed by atoms with E-state index in [1.807, 2.05) is 0 Å². The second-order valence-corrected chi connectivity index (χ2v) is 14.1. The highest BCUT2D eigenvalue weighted by atomic mass is 15.1. The summed E-state index contributed by atoms with van der Waals surface area (Å²) in [6.45, 7) is 0. The quantitative estimate of drug-likeness (QED) is 0.162. The summed E-state index contributed by atoms with van der Waals surface area (Å²) in [7, 11) is 0. The molecule has 1 aliphatic rings. The van der Waals surface area contributed by atoms with Crippen LogP contribution in [-0.4, -0.2) is 4.57 Å². The third-order valence-corrected chi connectivity index (χ3v) is 10.9. The molecule has 9 aromatic rings. The zero-order valence-electron chi connectivity index (χ0n) is 29.9. The average Bonchev–Trinajstić information content (AvgIpc) is 3.59. The van der Waals surface area contributed by atoms with E-state index < -0.39 is 0 Å². The van der Waals surface area contributed by atoms with Crippen LogP contribution < -0.4 is 4.90 Å². The summed E-state index contributed by atoms with van der Waals surface area (Å²) < 4.78 is 2.45. The highest BCUT2D eigenvalue weighted by Crippen LogP contribution is 2.46. The van der Waals surface area contributed by atoms with E-state index in [0.29, 0.717) is 0 Å². The van der Waals surface area contributed by atoms with Crippen LogP contribution in [0.4, 0.5) is 17.1 Å². The number of para-hydroxylation sites is 2. The predicted octanol–water partition coefficient (Wildman–Crippen LogP) is 14.3. The van der Waals surface area contributed by atoms with E-state index in [2.05, 4.69) is 216 Å². The van der Waals surface area contributed by atoms with Crippen LogP contribution in [0.15, 0.2) is 206 Å². The molecule has 0 N–H and O–H groups in total. The fourth-order valence-corrected chi connectivity index (χ4v) is 8.33. The molecule has 0 unspecified atom stereocenters. The molecule has 2 nitrogen and oxygen atoms in total. The molecule has 0 amide bonds. The lowest BCUT2D eigenvalue weighted by Gasteiger charge is -2.28. The van der Waals surface area contributed by atoms with Gasteiger partial charge in [-0.15, -0.1) is 0 Å². The average molecular weight is 691 g/mol. The van der Waals surface area contributed by atoms with Gasteiger partial charge < -0.3 is 9.47 Å². The number of fused-ring (bicyclic) bond motifs is 5. The van der Waals surface area contributed by atoms with Crippen LogP contribution in [0.1, 0.15) is 24.0 Å². The minimum absolute atomic E-state index is 1.03. The van der Waals surface area contributed by atoms with Crippen LogP contribution in [0.5, 0.6) is 0 Å². The van der Waals surface area contributed by atoms with Crippen molar-refractivity contribution in [3.8, 4) is 16.8 Å². The molecular formula is C52H38N2. The molecule has 0 radical (unpaired) electrons. The Kier molecular flexibility index (Phi) is 8.00. The summed E-state index contributed by atoms with van der Waals surface area (Å²) in [6, 6.07) is 70.4. The number of hydrogen-bond donors (Lipinski definition) is 0. The highest BCUT2D eigenvalue weighted by Gasteiger charge is 2.22. The number of rotatable bonds is 7. The monoisotopic (exact) mass is 690 g/mol. The van der Waals surface area contributed by atoms with Crippen molar-refractivity contribution in [1.82, 2.24) is 4.57 Å². The molecule has 10 rings (SSSR count). The Bertz CT molecular complexity index is 2840. The van der Waals surface area contributed by atoms with Crippen molar-refractivity contribution in [2.75, 3.05) is 4.90 Å². The molecule has 1 aliphatic carbocycles. The number of nitrogens with zero attached hydrogens (tertiary/aromatic N) is 2. The summed E-state index contributed by atoms with van der Waals surface area (Å²) in [5.41, 5.74) is 14.7. The van der Waals surface area contributed by atoms with Crippen molar-refractivity contribution in [3.63, 3.8) is 0 Å². The van der Waals surface area contributed by atoms with Crippen molar-refractivity contribution in [3.05, 3.63) is 217 Å². The van der Waals surface area contributed by atoms with Crippen molar-refractivity contribution < 1.29 is 0 Å². The first kappa shape index (κ1) is 31.8. The lowest BCUT2D eigenvalue weighted by molar-refractivity contribution is 1.07. The Balaban J connectivity index is 1.15. The minimum atomic E-state index is 1.03. The van der Waals surface area contributed by atoms with Crippen molar-refractivity contribution in [2.45, 2.75) is 12.8 Å². The van der Waals surface area contributed by atoms with Gasteiger partial charge in [0, 0.05) is 33.2 Å². The first-order chi connectivity index (χ1) is 26.8. The van der Waals surface area contributed by atoms with Gasteiger partial charge in [0.05, 0.1) is 16.7 Å². The largest absolute Gasteiger partial charge is 0.310 e. The van der Waals surface area contributed by atoms with Crippen molar-refractivity contribution >= 4 is 60.8 Å². The molecule has 0 fully saturated rings. The molecule has 0 bridgehead atoms. The van der Waals surface area contributed by atoms with Gasteiger partial charge in [0.25, 0.3) is 0 Å². The van der Waals surface area contributed by atoms with Crippen LogP contribution in [0.2, 0.25) is 0 Å². The second-order valence-electron chi connectivity index (χ2n) is 14.1. The Morgan fingerprint density at radius 3 is 1.59 bits per heavy atom. The summed E-state index contributed by atoms with van der Waals surface area (Å²) in [6.07, 6.45) is 6.68. The summed E-state index contributed by atoms with van der Waals surface area (Å²) in [4.78, 5) is 2.43. The normalized spacial score (nSPS) is 12.9. The number of hydrogen-bond acceptors (Lipinski definition) is 1. The molecule has 0 saturated heterocycles. The Labute approximate surface area is 316 Å². The number of aromatic nitrogens is 1. The van der Waals surface area contributed by atoms with E-state index in [1.165, 1.54) is 66.0 Å². The highest BCUT2D eigenvalue weighted by molar-refractivity contribution is 6.24. The molecule has 0 aliphatic heterocycles. The van der Waals surface area contributed by atoms with Crippen molar-refractivity contribution in [2.24, 2.45) is 0 Å². The predicted molar refractivity (Wildman–Crippen MR) is 230 cm³/mol. The number of anilines is 3. The van der Waals surface area contributed by atoms with Crippen LogP contribution in [0.3, 0.4) is 0 Å². The molecule has 2 heteroatoms. The summed E-state index contributed by atoms with van der Waals surface area (Å²) >= 11 is 0. The smallest absolute Gasteiger partial charge is 0.0568 e. The maximum absolute atomic E-state index is 2.45. The van der Waals surface area contributed by atoms with Gasteiger partial charge in [-0.05, 0) is 100 Å². The van der Waals surface area contributed by atoms with E-state index in [1.54, 1.807) is 0 Å². The standard InChI is InChI=1S/C52H38N2/c1-4-15-37(16-5-1)39-27-29-40(30-28-39)41-31-33-44(34-32-41)53(43-20-8-3-9-21-43)50-36-51-52(47-24-11-10-23-46(47)50)48-25-12-13-26-49(48)54(51)45-22-14-19-42(35-45)38-17-6-2-7-18-38/h1-27,29,31-36H,28,30H2. The van der Waals surface area contributed by atoms with E-state index in [9.17, 15) is 0 Å². The van der Waals surface area contributed by atoms with Crippen LogP contribution >= 0.6 is 0 Å². The molecular weight excluding hydrogens is 653 g/mol. The lowest BCUT2D eigenvalue weighted by Crippen LogP contribution is -2.11. The molecule has 0 saturated carbocycles. The van der Waals surface area contributed by atoms with Gasteiger partial charge in [-0.1, -0.05) is 158 Å². The third kappa shape index (κ3) is 5.60. The van der Waals surface area contributed by atoms with Gasteiger partial charge in [-0.3, -0.25) is 0 Å². The maximum Gasteiger partial charge on any atom is 0.0568 e. The first-order valence-corrected chi connectivity index (χ1v) is 18.8. The van der Waals surface area contributed by atoms with Crippen LogP contribution in [0.25, 0.3) is 60.5 Å². The molecule has 1 heterocycles. The fraction of sp³-hybridized carbons (Fsp3) is 0.0385. The SMILES string of the molecule is C1=C(c2ccccc2)CCC(c2ccc(N(c3ccccc3)c3cc4c(c5ccccc35)c3ccccc3n4-c3cccc(-c4ccccc4)c3)cc2)=C1. The van der Waals surface area contributed by atoms with Gasteiger partial charge in [0.2, 0.25) is 0 Å². The van der Waals surface area contributed by atoms with E-state index in [0.717, 1.165) is 35.6 Å². The van der Waals surface area contributed by atoms with E-state index in [4.69, 9.17) is 0 Å².